The van der Waals surface area contributed by atoms with Crippen molar-refractivity contribution in [3.05, 3.63) is 80.8 Å². The van der Waals surface area contributed by atoms with Crippen LogP contribution in [0.4, 0.5) is 0 Å². The largest absolute Gasteiger partial charge is 0.366 e. The molecule has 0 atom stereocenters. The molecule has 2 amide bonds. The molecule has 0 spiro atoms. The van der Waals surface area contributed by atoms with Gasteiger partial charge in [-0.2, -0.15) is 0 Å². The molecule has 4 N–H and O–H groups in total. The van der Waals surface area contributed by atoms with Gasteiger partial charge in [0.15, 0.2) is 0 Å². The summed E-state index contributed by atoms with van der Waals surface area (Å²) < 4.78 is 0. The third-order valence-corrected chi connectivity index (χ3v) is 7.21. The highest BCUT2D eigenvalue weighted by Crippen LogP contribution is 2.42. The molecule has 0 aromatic heterocycles. The molecule has 1 heterocycles. The second-order valence-corrected chi connectivity index (χ2v) is 9.40. The summed E-state index contributed by atoms with van der Waals surface area (Å²) in [5.74, 6) is -0.557. The van der Waals surface area contributed by atoms with Gasteiger partial charge in [0, 0.05) is 17.2 Å². The fourth-order valence-electron chi connectivity index (χ4n) is 4.71. The van der Waals surface area contributed by atoms with Crippen molar-refractivity contribution in [2.45, 2.75) is 25.3 Å². The molecule has 1 saturated heterocycles. The Morgan fingerprint density at radius 2 is 1.70 bits per heavy atom. The fraction of sp³-hybridized carbons (Fsp3) is 0.231. The maximum absolute atomic E-state index is 12.9. The number of hydrogen-bond acceptors (Lipinski definition) is 3. The minimum Gasteiger partial charge on any atom is -0.366 e. The molecule has 5 rings (SSSR count). The SMILES string of the molecule is NC(=O)c1cc(-c2ccc(Cl)c(Cl)c2)cc2c1Cc1ccc(C(=O)NC3CCNCC3)cc1-2. The highest BCUT2D eigenvalue weighted by molar-refractivity contribution is 6.42. The minimum atomic E-state index is -0.482. The van der Waals surface area contributed by atoms with E-state index in [4.69, 9.17) is 28.9 Å². The number of nitrogens with one attached hydrogen (secondary N) is 2. The minimum absolute atomic E-state index is 0.0751. The van der Waals surface area contributed by atoms with Crippen molar-refractivity contribution in [3.8, 4) is 22.3 Å². The lowest BCUT2D eigenvalue weighted by Gasteiger charge is -2.23. The number of carbonyl (C=O) groups is 2. The van der Waals surface area contributed by atoms with Crippen molar-refractivity contribution in [2.24, 2.45) is 5.73 Å². The van der Waals surface area contributed by atoms with Crippen molar-refractivity contribution < 1.29 is 9.59 Å². The summed E-state index contributed by atoms with van der Waals surface area (Å²) >= 11 is 12.3. The number of piperidine rings is 1. The number of fused-ring (bicyclic) bond motifs is 3. The monoisotopic (exact) mass is 479 g/mol. The van der Waals surface area contributed by atoms with Crippen LogP contribution in [0, 0.1) is 0 Å². The van der Waals surface area contributed by atoms with Gasteiger partial charge < -0.3 is 16.4 Å². The van der Waals surface area contributed by atoms with Crippen LogP contribution in [-0.4, -0.2) is 30.9 Å². The Hall–Kier alpha value is -2.86. The molecule has 0 unspecified atom stereocenters. The van der Waals surface area contributed by atoms with E-state index < -0.39 is 5.91 Å². The van der Waals surface area contributed by atoms with E-state index >= 15 is 0 Å². The second-order valence-electron chi connectivity index (χ2n) is 8.59. The van der Waals surface area contributed by atoms with Crippen LogP contribution in [0.15, 0.2) is 48.5 Å². The van der Waals surface area contributed by atoms with Crippen molar-refractivity contribution in [2.75, 3.05) is 13.1 Å². The van der Waals surface area contributed by atoms with Gasteiger partial charge in [0.2, 0.25) is 5.91 Å². The summed E-state index contributed by atoms with van der Waals surface area (Å²) in [6, 6.07) is 15.1. The van der Waals surface area contributed by atoms with E-state index in [1.165, 1.54) is 0 Å². The van der Waals surface area contributed by atoms with Crippen LogP contribution >= 0.6 is 23.2 Å². The molecule has 0 saturated carbocycles. The van der Waals surface area contributed by atoms with Gasteiger partial charge in [-0.3, -0.25) is 9.59 Å². The Morgan fingerprint density at radius 3 is 2.42 bits per heavy atom. The number of nitrogens with two attached hydrogens (primary N) is 1. The summed E-state index contributed by atoms with van der Waals surface area (Å²) in [5.41, 5.74) is 12.3. The van der Waals surface area contributed by atoms with E-state index in [1.54, 1.807) is 18.2 Å². The Kier molecular flexibility index (Phi) is 5.87. The Balaban J connectivity index is 1.55. The predicted molar refractivity (Wildman–Crippen MR) is 132 cm³/mol. The molecule has 5 nitrogen and oxygen atoms in total. The van der Waals surface area contributed by atoms with Gasteiger partial charge >= 0.3 is 0 Å². The number of hydrogen-bond donors (Lipinski definition) is 3. The van der Waals surface area contributed by atoms with Crippen molar-refractivity contribution >= 4 is 35.0 Å². The standard InChI is InChI=1S/C26H23Cl2N3O2/c27-23-4-3-14(13-24(23)28)17-11-20-19-10-16(26(33)31-18-5-7-30-8-6-18)2-1-15(19)9-21(20)22(12-17)25(29)32/h1-4,10-13,18,30H,5-9H2,(H2,29,32)(H,31,33). The van der Waals surface area contributed by atoms with Gasteiger partial charge in [0.1, 0.15) is 0 Å². The lowest BCUT2D eigenvalue weighted by molar-refractivity contribution is 0.0928. The van der Waals surface area contributed by atoms with Gasteiger partial charge in [-0.05, 0) is 102 Å². The summed E-state index contributed by atoms with van der Waals surface area (Å²) in [6.45, 7) is 1.83. The van der Waals surface area contributed by atoms with E-state index in [2.05, 4.69) is 10.6 Å². The third kappa shape index (κ3) is 4.24. The van der Waals surface area contributed by atoms with E-state index in [-0.39, 0.29) is 11.9 Å². The number of benzene rings is 3. The van der Waals surface area contributed by atoms with Crippen molar-refractivity contribution in [1.82, 2.24) is 10.6 Å². The van der Waals surface area contributed by atoms with E-state index in [1.807, 2.05) is 30.3 Å². The van der Waals surface area contributed by atoms with E-state index in [9.17, 15) is 9.59 Å². The van der Waals surface area contributed by atoms with E-state index in [0.717, 1.165) is 59.3 Å². The Labute approximate surface area is 202 Å². The van der Waals surface area contributed by atoms with Gasteiger partial charge in [0.05, 0.1) is 10.0 Å². The highest BCUT2D eigenvalue weighted by atomic mass is 35.5. The van der Waals surface area contributed by atoms with Gasteiger partial charge in [0.25, 0.3) is 5.91 Å². The maximum atomic E-state index is 12.9. The van der Waals surface area contributed by atoms with Crippen molar-refractivity contribution in [1.29, 1.82) is 0 Å². The summed E-state index contributed by atoms with van der Waals surface area (Å²) in [6.07, 6.45) is 2.45. The average Bonchev–Trinajstić information content (AvgIpc) is 3.18. The van der Waals surface area contributed by atoms with Crippen LogP contribution in [0.5, 0.6) is 0 Å². The molecular formula is C26H23Cl2N3O2. The van der Waals surface area contributed by atoms with Crippen LogP contribution < -0.4 is 16.4 Å². The average molecular weight is 480 g/mol. The number of carbonyl (C=O) groups excluding carboxylic acids is 2. The molecule has 0 radical (unpaired) electrons. The molecule has 1 aliphatic carbocycles. The molecule has 3 aromatic carbocycles. The summed E-state index contributed by atoms with van der Waals surface area (Å²) in [7, 11) is 0. The summed E-state index contributed by atoms with van der Waals surface area (Å²) in [5, 5.41) is 7.36. The molecule has 7 heteroatoms. The van der Waals surface area contributed by atoms with Crippen LogP contribution in [0.3, 0.4) is 0 Å². The number of rotatable bonds is 4. The molecule has 0 bridgehead atoms. The topological polar surface area (TPSA) is 84.2 Å². The van der Waals surface area contributed by atoms with Crippen LogP contribution in [0.1, 0.15) is 44.7 Å². The third-order valence-electron chi connectivity index (χ3n) is 6.47. The maximum Gasteiger partial charge on any atom is 0.251 e. The number of primary amides is 1. The predicted octanol–water partition coefficient (Wildman–Crippen LogP) is 4.81. The van der Waals surface area contributed by atoms with Crippen molar-refractivity contribution in [3.63, 3.8) is 0 Å². The first-order chi connectivity index (χ1) is 15.9. The number of amides is 2. The van der Waals surface area contributed by atoms with Crippen LogP contribution in [0.2, 0.25) is 10.0 Å². The van der Waals surface area contributed by atoms with Gasteiger partial charge in [-0.25, -0.2) is 0 Å². The molecule has 168 valence electrons. The fourth-order valence-corrected chi connectivity index (χ4v) is 5.01. The normalized spacial score (nSPS) is 15.1. The molecule has 1 aliphatic heterocycles. The first-order valence-corrected chi connectivity index (χ1v) is 11.7. The van der Waals surface area contributed by atoms with Crippen LogP contribution in [-0.2, 0) is 6.42 Å². The molecule has 33 heavy (non-hydrogen) atoms. The lowest BCUT2D eigenvalue weighted by Crippen LogP contribution is -2.42. The summed E-state index contributed by atoms with van der Waals surface area (Å²) in [4.78, 5) is 25.2. The van der Waals surface area contributed by atoms with E-state index in [0.29, 0.717) is 27.6 Å². The van der Waals surface area contributed by atoms with Gasteiger partial charge in [-0.15, -0.1) is 0 Å². The zero-order valence-electron chi connectivity index (χ0n) is 17.9. The quantitative estimate of drug-likeness (QED) is 0.392. The molecule has 2 aliphatic rings. The zero-order chi connectivity index (χ0) is 23.1. The first kappa shape index (κ1) is 22.0. The first-order valence-electron chi connectivity index (χ1n) is 11.0. The smallest absolute Gasteiger partial charge is 0.251 e. The molecular weight excluding hydrogens is 457 g/mol. The molecule has 3 aromatic rings. The molecule has 1 fully saturated rings. The number of halogens is 2. The Morgan fingerprint density at radius 1 is 0.909 bits per heavy atom. The van der Waals surface area contributed by atoms with Crippen LogP contribution in [0.25, 0.3) is 22.3 Å². The Bertz CT molecular complexity index is 1280. The van der Waals surface area contributed by atoms with Gasteiger partial charge in [-0.1, -0.05) is 35.3 Å². The lowest BCUT2D eigenvalue weighted by atomic mass is 9.93. The highest BCUT2D eigenvalue weighted by Gasteiger charge is 2.26. The second kappa shape index (κ2) is 8.82. The zero-order valence-corrected chi connectivity index (χ0v) is 19.4.